The van der Waals surface area contributed by atoms with Crippen LogP contribution in [0.15, 0.2) is 35.2 Å². The fraction of sp³-hybridized carbons (Fsp3) is 0.467. The van der Waals surface area contributed by atoms with Gasteiger partial charge < -0.3 is 5.32 Å². The van der Waals surface area contributed by atoms with Crippen LogP contribution in [0.1, 0.15) is 26.3 Å². The number of hydrogen-bond acceptors (Lipinski definition) is 3. The van der Waals surface area contributed by atoms with Crippen molar-refractivity contribution in [3.8, 4) is 0 Å². The standard InChI is InChI=1S/C15H23ClN2O2S/c1-11(2)10-18(5)21(19,20)15-8-13(6-7-14(15)16)9-17-12(3)4/h6-8,12,17H,1,9-10H2,2-5H3. The number of nitrogens with zero attached hydrogens (tertiary/aromatic N) is 1. The first-order valence-electron chi connectivity index (χ1n) is 6.77. The monoisotopic (exact) mass is 330 g/mol. The average molecular weight is 331 g/mol. The molecule has 0 aliphatic carbocycles. The first-order chi connectivity index (χ1) is 9.64. The average Bonchev–Trinajstić information content (AvgIpc) is 2.36. The summed E-state index contributed by atoms with van der Waals surface area (Å²) < 4.78 is 26.4. The minimum Gasteiger partial charge on any atom is -0.310 e. The van der Waals surface area contributed by atoms with Crippen LogP contribution in [0.2, 0.25) is 5.02 Å². The summed E-state index contributed by atoms with van der Waals surface area (Å²) in [7, 11) is -2.09. The Kier molecular flexibility index (Phi) is 6.41. The van der Waals surface area contributed by atoms with Crippen molar-refractivity contribution in [3.05, 3.63) is 40.9 Å². The van der Waals surface area contributed by atoms with E-state index in [1.807, 2.05) is 19.9 Å². The Hall–Kier alpha value is -0.880. The van der Waals surface area contributed by atoms with E-state index >= 15 is 0 Å². The van der Waals surface area contributed by atoms with E-state index in [0.717, 1.165) is 11.1 Å². The van der Waals surface area contributed by atoms with Crippen LogP contribution in [0.5, 0.6) is 0 Å². The zero-order chi connectivity index (χ0) is 16.2. The van der Waals surface area contributed by atoms with Crippen LogP contribution in [0.3, 0.4) is 0 Å². The van der Waals surface area contributed by atoms with Crippen LogP contribution < -0.4 is 5.32 Å². The van der Waals surface area contributed by atoms with E-state index < -0.39 is 10.0 Å². The predicted octanol–water partition coefficient (Wildman–Crippen LogP) is 3.03. The number of nitrogens with one attached hydrogen (secondary N) is 1. The SMILES string of the molecule is C=C(C)CN(C)S(=O)(=O)c1cc(CNC(C)C)ccc1Cl. The van der Waals surface area contributed by atoms with Crippen molar-refractivity contribution < 1.29 is 8.42 Å². The largest absolute Gasteiger partial charge is 0.310 e. The minimum absolute atomic E-state index is 0.135. The van der Waals surface area contributed by atoms with Crippen molar-refractivity contribution in [1.82, 2.24) is 9.62 Å². The predicted molar refractivity (Wildman–Crippen MR) is 88.1 cm³/mol. The normalized spacial score (nSPS) is 12.1. The van der Waals surface area contributed by atoms with E-state index in [4.69, 9.17) is 11.6 Å². The lowest BCUT2D eigenvalue weighted by Crippen LogP contribution is -2.29. The van der Waals surface area contributed by atoms with Gasteiger partial charge in [-0.15, -0.1) is 0 Å². The summed E-state index contributed by atoms with van der Waals surface area (Å²) in [6, 6.07) is 5.41. The van der Waals surface area contributed by atoms with Gasteiger partial charge in [0.25, 0.3) is 0 Å². The first kappa shape index (κ1) is 18.2. The minimum atomic E-state index is -3.61. The molecule has 0 fully saturated rings. The zero-order valence-corrected chi connectivity index (χ0v) is 14.6. The lowest BCUT2D eigenvalue weighted by molar-refractivity contribution is 0.493. The molecular weight excluding hydrogens is 308 g/mol. The van der Waals surface area contributed by atoms with Crippen molar-refractivity contribution >= 4 is 21.6 Å². The summed E-state index contributed by atoms with van der Waals surface area (Å²) in [5.41, 5.74) is 1.66. The van der Waals surface area contributed by atoms with Gasteiger partial charge in [-0.3, -0.25) is 0 Å². The van der Waals surface area contributed by atoms with E-state index in [9.17, 15) is 8.42 Å². The molecule has 0 saturated heterocycles. The molecule has 1 aromatic rings. The van der Waals surface area contributed by atoms with Crippen molar-refractivity contribution in [3.63, 3.8) is 0 Å². The molecule has 21 heavy (non-hydrogen) atoms. The summed E-state index contributed by atoms with van der Waals surface area (Å²) >= 11 is 6.08. The van der Waals surface area contributed by atoms with E-state index in [0.29, 0.717) is 12.6 Å². The van der Waals surface area contributed by atoms with Crippen LogP contribution in [0, 0.1) is 0 Å². The number of halogens is 1. The highest BCUT2D eigenvalue weighted by molar-refractivity contribution is 7.89. The summed E-state index contributed by atoms with van der Waals surface area (Å²) in [6.45, 7) is 10.5. The maximum Gasteiger partial charge on any atom is 0.244 e. The van der Waals surface area contributed by atoms with Crippen LogP contribution >= 0.6 is 11.6 Å². The van der Waals surface area contributed by atoms with E-state index in [1.165, 1.54) is 11.4 Å². The second-order valence-corrected chi connectivity index (χ2v) is 7.94. The Morgan fingerprint density at radius 2 is 2.05 bits per heavy atom. The van der Waals surface area contributed by atoms with Crippen LogP contribution in [-0.4, -0.2) is 32.4 Å². The van der Waals surface area contributed by atoms with Crippen molar-refractivity contribution in [2.75, 3.05) is 13.6 Å². The molecule has 1 aromatic carbocycles. The molecule has 0 atom stereocenters. The number of benzene rings is 1. The molecule has 0 radical (unpaired) electrons. The second kappa shape index (κ2) is 7.40. The van der Waals surface area contributed by atoms with Crippen LogP contribution in [-0.2, 0) is 16.6 Å². The molecule has 0 heterocycles. The number of rotatable bonds is 7. The molecule has 0 saturated carbocycles. The fourth-order valence-corrected chi connectivity index (χ4v) is 3.56. The number of likely N-dealkylation sites (N-methyl/N-ethyl adjacent to an activating group) is 1. The molecule has 0 amide bonds. The Bertz CT molecular complexity index is 612. The Morgan fingerprint density at radius 1 is 1.43 bits per heavy atom. The third-order valence-corrected chi connectivity index (χ3v) is 5.18. The van der Waals surface area contributed by atoms with Gasteiger partial charge in [-0.05, 0) is 24.6 Å². The van der Waals surface area contributed by atoms with Gasteiger partial charge in [-0.1, -0.05) is 43.7 Å². The highest BCUT2D eigenvalue weighted by Gasteiger charge is 2.23. The van der Waals surface area contributed by atoms with Gasteiger partial charge >= 0.3 is 0 Å². The molecule has 0 unspecified atom stereocenters. The van der Waals surface area contributed by atoms with Gasteiger partial charge in [0, 0.05) is 26.2 Å². The van der Waals surface area contributed by atoms with Gasteiger partial charge in [-0.2, -0.15) is 4.31 Å². The van der Waals surface area contributed by atoms with Gasteiger partial charge in [0.1, 0.15) is 4.90 Å². The quantitative estimate of drug-likeness (QED) is 0.782. The van der Waals surface area contributed by atoms with Crippen LogP contribution in [0.4, 0.5) is 0 Å². The zero-order valence-electron chi connectivity index (χ0n) is 13.0. The van der Waals surface area contributed by atoms with Gasteiger partial charge in [0.05, 0.1) is 5.02 Å². The number of hydrogen-bond donors (Lipinski definition) is 1. The van der Waals surface area contributed by atoms with Crippen molar-refractivity contribution in [2.45, 2.75) is 38.3 Å². The van der Waals surface area contributed by atoms with Crippen molar-refractivity contribution in [1.29, 1.82) is 0 Å². The molecule has 6 heteroatoms. The molecule has 1 rings (SSSR count). The van der Waals surface area contributed by atoms with E-state index in [1.54, 1.807) is 19.1 Å². The lowest BCUT2D eigenvalue weighted by Gasteiger charge is -2.19. The molecular formula is C15H23ClN2O2S. The van der Waals surface area contributed by atoms with Gasteiger partial charge in [0.15, 0.2) is 0 Å². The van der Waals surface area contributed by atoms with Gasteiger partial charge in [0.2, 0.25) is 10.0 Å². The summed E-state index contributed by atoms with van der Waals surface area (Å²) in [6.07, 6.45) is 0. The summed E-state index contributed by atoms with van der Waals surface area (Å²) in [5, 5.41) is 3.49. The van der Waals surface area contributed by atoms with Crippen LogP contribution in [0.25, 0.3) is 0 Å². The van der Waals surface area contributed by atoms with E-state index in [-0.39, 0.29) is 16.5 Å². The van der Waals surface area contributed by atoms with Gasteiger partial charge in [-0.25, -0.2) is 8.42 Å². The van der Waals surface area contributed by atoms with E-state index in [2.05, 4.69) is 11.9 Å². The topological polar surface area (TPSA) is 49.4 Å². The molecule has 0 aliphatic rings. The molecule has 4 nitrogen and oxygen atoms in total. The second-order valence-electron chi connectivity index (χ2n) is 5.52. The molecule has 118 valence electrons. The highest BCUT2D eigenvalue weighted by atomic mass is 35.5. The number of sulfonamides is 1. The highest BCUT2D eigenvalue weighted by Crippen LogP contribution is 2.25. The molecule has 1 N–H and O–H groups in total. The molecule has 0 aromatic heterocycles. The smallest absolute Gasteiger partial charge is 0.244 e. The Morgan fingerprint density at radius 3 is 2.57 bits per heavy atom. The molecule has 0 spiro atoms. The first-order valence-corrected chi connectivity index (χ1v) is 8.59. The maximum absolute atomic E-state index is 12.6. The Balaban J connectivity index is 3.10. The molecule has 0 aliphatic heterocycles. The third-order valence-electron chi connectivity index (χ3n) is 2.89. The fourth-order valence-electron chi connectivity index (χ4n) is 1.81. The Labute approximate surface area is 132 Å². The summed E-state index contributed by atoms with van der Waals surface area (Å²) in [5.74, 6) is 0. The lowest BCUT2D eigenvalue weighted by atomic mass is 10.2. The molecule has 0 bridgehead atoms. The van der Waals surface area contributed by atoms with Crippen molar-refractivity contribution in [2.24, 2.45) is 0 Å². The maximum atomic E-state index is 12.6. The third kappa shape index (κ3) is 5.11. The summed E-state index contributed by atoms with van der Waals surface area (Å²) in [4.78, 5) is 0.135.